The third-order valence-corrected chi connectivity index (χ3v) is 4.37. The van der Waals surface area contributed by atoms with Crippen LogP contribution in [0.5, 0.6) is 0 Å². The van der Waals surface area contributed by atoms with Gasteiger partial charge in [0.2, 0.25) is 5.91 Å². The number of hydrogen-bond acceptors (Lipinski definition) is 4. The molecule has 1 amide bonds. The van der Waals surface area contributed by atoms with Crippen LogP contribution in [0.25, 0.3) is 6.08 Å². The van der Waals surface area contributed by atoms with Crippen molar-refractivity contribution in [2.24, 2.45) is 0 Å². The molecule has 2 aromatic heterocycles. The number of rotatable bonds is 7. The smallest absolute Gasteiger partial charge is 0.246 e. The van der Waals surface area contributed by atoms with Crippen molar-refractivity contribution in [3.05, 3.63) is 88.6 Å². The maximum absolute atomic E-state index is 12.7. The first-order valence-electron chi connectivity index (χ1n) is 8.09. The molecule has 3 aromatic rings. The molecule has 0 saturated carbocycles. The highest BCUT2D eigenvalue weighted by Crippen LogP contribution is 2.09. The summed E-state index contributed by atoms with van der Waals surface area (Å²) >= 11 is 1.51. The van der Waals surface area contributed by atoms with Crippen molar-refractivity contribution in [1.82, 2.24) is 14.9 Å². The highest BCUT2D eigenvalue weighted by atomic mass is 32.1. The zero-order valence-electron chi connectivity index (χ0n) is 13.8. The average Bonchev–Trinajstić information content (AvgIpc) is 3.18. The van der Waals surface area contributed by atoms with Gasteiger partial charge in [0.25, 0.3) is 0 Å². The lowest BCUT2D eigenvalue weighted by atomic mass is 10.1. The van der Waals surface area contributed by atoms with Crippen molar-refractivity contribution < 1.29 is 4.79 Å². The third kappa shape index (κ3) is 5.36. The van der Waals surface area contributed by atoms with E-state index in [1.165, 1.54) is 16.9 Å². The molecule has 0 saturated heterocycles. The Kier molecular flexibility index (Phi) is 6.06. The van der Waals surface area contributed by atoms with Crippen LogP contribution >= 0.6 is 11.3 Å². The molecule has 0 spiro atoms. The topological polar surface area (TPSA) is 46.1 Å². The molecule has 0 fully saturated rings. The van der Waals surface area contributed by atoms with E-state index in [2.05, 4.69) is 22.1 Å². The first-order chi connectivity index (χ1) is 12.3. The SMILES string of the molecule is O=C(/C=C\c1cscn1)N(CCc1ccccc1)Cc1cccnc1. The van der Waals surface area contributed by atoms with E-state index in [1.54, 1.807) is 30.1 Å². The number of amides is 1. The van der Waals surface area contributed by atoms with Crippen molar-refractivity contribution in [3.8, 4) is 0 Å². The van der Waals surface area contributed by atoms with Gasteiger partial charge in [0.1, 0.15) is 0 Å². The number of thiazole rings is 1. The van der Waals surface area contributed by atoms with Gasteiger partial charge in [-0.15, -0.1) is 11.3 Å². The van der Waals surface area contributed by atoms with Crippen LogP contribution in [-0.4, -0.2) is 27.3 Å². The Morgan fingerprint density at radius 2 is 1.96 bits per heavy atom. The monoisotopic (exact) mass is 349 g/mol. The molecule has 1 aromatic carbocycles. The number of hydrogen-bond donors (Lipinski definition) is 0. The number of nitrogens with zero attached hydrogens (tertiary/aromatic N) is 3. The third-order valence-electron chi connectivity index (χ3n) is 3.77. The summed E-state index contributed by atoms with van der Waals surface area (Å²) in [6, 6.07) is 14.1. The summed E-state index contributed by atoms with van der Waals surface area (Å²) in [5.41, 5.74) is 4.80. The second kappa shape index (κ2) is 8.89. The van der Waals surface area contributed by atoms with E-state index in [0.29, 0.717) is 13.1 Å². The number of carbonyl (C=O) groups is 1. The van der Waals surface area contributed by atoms with Gasteiger partial charge in [0.15, 0.2) is 0 Å². The molecule has 2 heterocycles. The summed E-state index contributed by atoms with van der Waals surface area (Å²) in [6.45, 7) is 1.19. The van der Waals surface area contributed by atoms with Crippen molar-refractivity contribution in [3.63, 3.8) is 0 Å². The minimum absolute atomic E-state index is 0.0206. The van der Waals surface area contributed by atoms with Crippen molar-refractivity contribution in [2.75, 3.05) is 6.54 Å². The summed E-state index contributed by atoms with van der Waals surface area (Å²) in [5.74, 6) is -0.0206. The summed E-state index contributed by atoms with van der Waals surface area (Å²) in [4.78, 5) is 22.8. The van der Waals surface area contributed by atoms with Crippen LogP contribution in [0.15, 0.2) is 71.8 Å². The maximum atomic E-state index is 12.7. The van der Waals surface area contributed by atoms with E-state index in [-0.39, 0.29) is 5.91 Å². The van der Waals surface area contributed by atoms with Gasteiger partial charge >= 0.3 is 0 Å². The molecule has 4 nitrogen and oxygen atoms in total. The lowest BCUT2D eigenvalue weighted by molar-refractivity contribution is -0.126. The fourth-order valence-electron chi connectivity index (χ4n) is 2.45. The largest absolute Gasteiger partial charge is 0.334 e. The summed E-state index contributed by atoms with van der Waals surface area (Å²) in [6.07, 6.45) is 7.71. The fourth-order valence-corrected chi connectivity index (χ4v) is 2.98. The van der Waals surface area contributed by atoms with Gasteiger partial charge in [-0.3, -0.25) is 9.78 Å². The van der Waals surface area contributed by atoms with Crippen LogP contribution in [0.2, 0.25) is 0 Å². The van der Waals surface area contributed by atoms with Crippen LogP contribution < -0.4 is 0 Å². The van der Waals surface area contributed by atoms with Gasteiger partial charge in [-0.05, 0) is 29.7 Å². The quantitative estimate of drug-likeness (QED) is 0.609. The Labute approximate surface area is 151 Å². The first kappa shape index (κ1) is 17.0. The number of pyridine rings is 1. The summed E-state index contributed by atoms with van der Waals surface area (Å²) in [5, 5.41) is 1.92. The number of benzene rings is 1. The minimum atomic E-state index is -0.0206. The van der Waals surface area contributed by atoms with E-state index in [1.807, 2.05) is 40.6 Å². The molecule has 25 heavy (non-hydrogen) atoms. The van der Waals surface area contributed by atoms with Crippen LogP contribution in [0.1, 0.15) is 16.8 Å². The maximum Gasteiger partial charge on any atom is 0.246 e. The molecule has 126 valence electrons. The Morgan fingerprint density at radius 3 is 2.68 bits per heavy atom. The molecule has 3 rings (SSSR count). The van der Waals surface area contributed by atoms with Crippen molar-refractivity contribution in [1.29, 1.82) is 0 Å². The lowest BCUT2D eigenvalue weighted by Gasteiger charge is -2.21. The second-order valence-corrected chi connectivity index (χ2v) is 6.32. The molecule has 0 atom stereocenters. The van der Waals surface area contributed by atoms with Crippen LogP contribution in [-0.2, 0) is 17.8 Å². The van der Waals surface area contributed by atoms with E-state index in [9.17, 15) is 4.79 Å². The van der Waals surface area contributed by atoms with Crippen LogP contribution in [0, 0.1) is 0 Å². The van der Waals surface area contributed by atoms with Crippen molar-refractivity contribution >= 4 is 23.3 Å². The Morgan fingerprint density at radius 1 is 1.12 bits per heavy atom. The van der Waals surface area contributed by atoms with Crippen molar-refractivity contribution in [2.45, 2.75) is 13.0 Å². The zero-order chi connectivity index (χ0) is 17.3. The van der Waals surface area contributed by atoms with Gasteiger partial charge in [-0.25, -0.2) is 4.98 Å². The van der Waals surface area contributed by atoms with Crippen LogP contribution in [0.3, 0.4) is 0 Å². The lowest BCUT2D eigenvalue weighted by Crippen LogP contribution is -2.31. The summed E-state index contributed by atoms with van der Waals surface area (Å²) in [7, 11) is 0. The molecule has 0 radical (unpaired) electrons. The molecule has 0 bridgehead atoms. The number of carbonyl (C=O) groups excluding carboxylic acids is 1. The molecule has 0 aliphatic carbocycles. The van der Waals surface area contributed by atoms with E-state index >= 15 is 0 Å². The Bertz CT molecular complexity index is 801. The predicted molar refractivity (Wildman–Crippen MR) is 101 cm³/mol. The molecule has 0 N–H and O–H groups in total. The minimum Gasteiger partial charge on any atom is -0.334 e. The normalized spacial score (nSPS) is 10.9. The standard InChI is InChI=1S/C20H19N3OS/c24-20(9-8-19-15-25-16-22-19)23(14-18-7-4-11-21-13-18)12-10-17-5-2-1-3-6-17/h1-9,11,13,15-16H,10,12,14H2/b9-8-. The van der Waals surface area contributed by atoms with Gasteiger partial charge < -0.3 is 4.90 Å². The average molecular weight is 349 g/mol. The molecule has 0 unspecified atom stereocenters. The van der Waals surface area contributed by atoms with E-state index in [0.717, 1.165) is 17.7 Å². The molecule has 0 aliphatic heterocycles. The Balaban J connectivity index is 1.69. The molecule has 5 heteroatoms. The number of aromatic nitrogens is 2. The molecular formula is C20H19N3OS. The Hall–Kier alpha value is -2.79. The van der Waals surface area contributed by atoms with Crippen LogP contribution in [0.4, 0.5) is 0 Å². The second-order valence-electron chi connectivity index (χ2n) is 5.60. The van der Waals surface area contributed by atoms with Gasteiger partial charge in [0.05, 0.1) is 11.2 Å². The highest BCUT2D eigenvalue weighted by Gasteiger charge is 2.12. The van der Waals surface area contributed by atoms with E-state index < -0.39 is 0 Å². The van der Waals surface area contributed by atoms with E-state index in [4.69, 9.17) is 0 Å². The van der Waals surface area contributed by atoms with Gasteiger partial charge in [-0.1, -0.05) is 36.4 Å². The zero-order valence-corrected chi connectivity index (χ0v) is 14.6. The summed E-state index contributed by atoms with van der Waals surface area (Å²) < 4.78 is 0. The fraction of sp³-hybridized carbons (Fsp3) is 0.150. The highest BCUT2D eigenvalue weighted by molar-refractivity contribution is 7.07. The molecular weight excluding hydrogens is 330 g/mol. The van der Waals surface area contributed by atoms with Gasteiger partial charge in [-0.2, -0.15) is 0 Å². The molecule has 0 aliphatic rings. The predicted octanol–water partition coefficient (Wildman–Crippen LogP) is 3.82. The van der Waals surface area contributed by atoms with Gasteiger partial charge in [0, 0.05) is 36.9 Å². The first-order valence-corrected chi connectivity index (χ1v) is 9.03.